The van der Waals surface area contributed by atoms with Crippen LogP contribution in [0.2, 0.25) is 0 Å². The monoisotopic (exact) mass is 346 g/mol. The second-order valence-corrected chi connectivity index (χ2v) is 7.57. The standard InChI is InChI=1S/C19H30N4O2/c1-4-9-25-12-14-6-8-23(11-14)18-15-5-7-20-19(24)17(15)21-16(22-18)10-13(2)3/h13-14H,4-12H2,1-3H3,(H,20,24). The number of hydrogen-bond donors (Lipinski definition) is 1. The Bertz CT molecular complexity index is 618. The van der Waals surface area contributed by atoms with Gasteiger partial charge in [-0.25, -0.2) is 9.97 Å². The van der Waals surface area contributed by atoms with Crippen LogP contribution in [-0.2, 0) is 17.6 Å². The summed E-state index contributed by atoms with van der Waals surface area (Å²) in [7, 11) is 0. The summed E-state index contributed by atoms with van der Waals surface area (Å²) < 4.78 is 5.73. The molecule has 2 aliphatic rings. The van der Waals surface area contributed by atoms with Crippen molar-refractivity contribution in [2.24, 2.45) is 11.8 Å². The van der Waals surface area contributed by atoms with Crippen molar-refractivity contribution in [2.75, 3.05) is 37.7 Å². The van der Waals surface area contributed by atoms with E-state index >= 15 is 0 Å². The molecule has 6 heteroatoms. The maximum Gasteiger partial charge on any atom is 0.270 e. The van der Waals surface area contributed by atoms with Gasteiger partial charge in [-0.05, 0) is 25.2 Å². The molecule has 1 N–H and O–H groups in total. The van der Waals surface area contributed by atoms with E-state index in [0.29, 0.717) is 24.1 Å². The molecule has 0 bridgehead atoms. The van der Waals surface area contributed by atoms with E-state index in [9.17, 15) is 4.79 Å². The number of aromatic nitrogens is 2. The molecule has 1 aromatic rings. The second-order valence-electron chi connectivity index (χ2n) is 7.57. The maximum atomic E-state index is 12.3. The first-order valence-electron chi connectivity index (χ1n) is 9.59. The molecule has 0 spiro atoms. The Hall–Kier alpha value is -1.69. The van der Waals surface area contributed by atoms with Crippen LogP contribution in [0.5, 0.6) is 0 Å². The zero-order valence-electron chi connectivity index (χ0n) is 15.7. The smallest absolute Gasteiger partial charge is 0.270 e. The molecule has 1 aromatic heterocycles. The number of nitrogens with zero attached hydrogens (tertiary/aromatic N) is 3. The molecular weight excluding hydrogens is 316 g/mol. The summed E-state index contributed by atoms with van der Waals surface area (Å²) in [5.41, 5.74) is 1.60. The topological polar surface area (TPSA) is 67.3 Å². The van der Waals surface area contributed by atoms with E-state index in [2.05, 4.69) is 36.0 Å². The highest BCUT2D eigenvalue weighted by Gasteiger charge is 2.30. The fraction of sp³-hybridized carbons (Fsp3) is 0.737. The highest BCUT2D eigenvalue weighted by atomic mass is 16.5. The molecule has 3 heterocycles. The first-order valence-corrected chi connectivity index (χ1v) is 9.59. The average Bonchev–Trinajstić information content (AvgIpc) is 3.03. The van der Waals surface area contributed by atoms with Crippen LogP contribution in [0.4, 0.5) is 5.82 Å². The normalized spacial score (nSPS) is 20.1. The van der Waals surface area contributed by atoms with E-state index < -0.39 is 0 Å². The van der Waals surface area contributed by atoms with Crippen LogP contribution in [0.3, 0.4) is 0 Å². The van der Waals surface area contributed by atoms with Crippen LogP contribution < -0.4 is 10.2 Å². The van der Waals surface area contributed by atoms with Crippen molar-refractivity contribution in [1.29, 1.82) is 0 Å². The molecule has 1 fully saturated rings. The predicted molar refractivity (Wildman–Crippen MR) is 98.0 cm³/mol. The van der Waals surface area contributed by atoms with Gasteiger partial charge in [0.2, 0.25) is 0 Å². The maximum absolute atomic E-state index is 12.3. The lowest BCUT2D eigenvalue weighted by molar-refractivity contribution is 0.0939. The summed E-state index contributed by atoms with van der Waals surface area (Å²) in [4.78, 5) is 24.1. The Labute approximate surface area is 150 Å². The van der Waals surface area contributed by atoms with Gasteiger partial charge >= 0.3 is 0 Å². The molecule has 25 heavy (non-hydrogen) atoms. The van der Waals surface area contributed by atoms with Gasteiger partial charge in [-0.15, -0.1) is 0 Å². The van der Waals surface area contributed by atoms with Crippen LogP contribution in [0.25, 0.3) is 0 Å². The van der Waals surface area contributed by atoms with Crippen LogP contribution in [0.15, 0.2) is 0 Å². The number of anilines is 1. The molecule has 0 saturated carbocycles. The van der Waals surface area contributed by atoms with E-state index in [-0.39, 0.29) is 5.91 Å². The summed E-state index contributed by atoms with van der Waals surface area (Å²) in [5.74, 6) is 2.71. The molecule has 2 aliphatic heterocycles. The molecule has 0 radical (unpaired) electrons. The highest BCUT2D eigenvalue weighted by Crippen LogP contribution is 2.29. The van der Waals surface area contributed by atoms with Crippen LogP contribution >= 0.6 is 0 Å². The number of fused-ring (bicyclic) bond motifs is 1. The van der Waals surface area contributed by atoms with Gasteiger partial charge in [0.1, 0.15) is 17.3 Å². The molecule has 1 amide bonds. The first kappa shape index (κ1) is 18.1. The molecular formula is C19H30N4O2. The predicted octanol–water partition coefficient (Wildman–Crippen LogP) is 2.21. The van der Waals surface area contributed by atoms with E-state index in [1.165, 1.54) is 0 Å². The van der Waals surface area contributed by atoms with Crippen molar-refractivity contribution in [1.82, 2.24) is 15.3 Å². The summed E-state index contributed by atoms with van der Waals surface area (Å²) in [6.45, 7) is 10.7. The molecule has 6 nitrogen and oxygen atoms in total. The van der Waals surface area contributed by atoms with Crippen LogP contribution in [0.1, 0.15) is 55.5 Å². The minimum atomic E-state index is -0.0584. The Morgan fingerprint density at radius 1 is 1.36 bits per heavy atom. The molecule has 0 aromatic carbocycles. The van der Waals surface area contributed by atoms with Gasteiger partial charge < -0.3 is 15.0 Å². The van der Waals surface area contributed by atoms with Crippen molar-refractivity contribution >= 4 is 11.7 Å². The van der Waals surface area contributed by atoms with Crippen molar-refractivity contribution in [2.45, 2.75) is 46.5 Å². The first-order chi connectivity index (χ1) is 12.1. The lowest BCUT2D eigenvalue weighted by atomic mass is 10.0. The second kappa shape index (κ2) is 8.13. The third kappa shape index (κ3) is 4.29. The van der Waals surface area contributed by atoms with Gasteiger partial charge in [-0.2, -0.15) is 0 Å². The molecule has 1 unspecified atom stereocenters. The molecule has 1 saturated heterocycles. The fourth-order valence-corrected chi connectivity index (χ4v) is 3.59. The zero-order chi connectivity index (χ0) is 17.8. The minimum absolute atomic E-state index is 0.0584. The quantitative estimate of drug-likeness (QED) is 0.767. The van der Waals surface area contributed by atoms with Crippen LogP contribution in [-0.4, -0.2) is 48.7 Å². The average molecular weight is 346 g/mol. The van der Waals surface area contributed by atoms with Gasteiger partial charge in [0.25, 0.3) is 5.91 Å². The Kier molecular flexibility index (Phi) is 5.89. The number of carbonyl (C=O) groups is 1. The lowest BCUT2D eigenvalue weighted by Crippen LogP contribution is -2.36. The Morgan fingerprint density at radius 2 is 2.20 bits per heavy atom. The molecule has 1 atom stereocenters. The van der Waals surface area contributed by atoms with Crippen molar-refractivity contribution < 1.29 is 9.53 Å². The lowest BCUT2D eigenvalue weighted by Gasteiger charge is -2.25. The molecule has 138 valence electrons. The Morgan fingerprint density at radius 3 is 2.96 bits per heavy atom. The number of nitrogens with one attached hydrogen (secondary N) is 1. The van der Waals surface area contributed by atoms with Gasteiger partial charge in [0, 0.05) is 44.1 Å². The van der Waals surface area contributed by atoms with Gasteiger partial charge in [-0.1, -0.05) is 20.8 Å². The van der Waals surface area contributed by atoms with E-state index in [1.54, 1.807) is 0 Å². The summed E-state index contributed by atoms with van der Waals surface area (Å²) in [6.07, 6.45) is 3.79. The molecule has 0 aliphatic carbocycles. The number of hydrogen-bond acceptors (Lipinski definition) is 5. The summed E-state index contributed by atoms with van der Waals surface area (Å²) in [5, 5.41) is 2.91. The Balaban J connectivity index is 1.82. The van der Waals surface area contributed by atoms with Gasteiger partial charge in [-0.3, -0.25) is 4.79 Å². The third-order valence-electron chi connectivity index (χ3n) is 4.79. The van der Waals surface area contributed by atoms with E-state index in [1.807, 2.05) is 0 Å². The number of rotatable bonds is 7. The van der Waals surface area contributed by atoms with Crippen molar-refractivity contribution in [3.8, 4) is 0 Å². The van der Waals surface area contributed by atoms with E-state index in [0.717, 1.165) is 69.2 Å². The SMILES string of the molecule is CCCOCC1CCN(c2nc(CC(C)C)nc3c2CCNC3=O)C1. The zero-order valence-corrected chi connectivity index (χ0v) is 15.7. The van der Waals surface area contributed by atoms with Crippen molar-refractivity contribution in [3.63, 3.8) is 0 Å². The third-order valence-corrected chi connectivity index (χ3v) is 4.79. The van der Waals surface area contributed by atoms with Crippen LogP contribution in [0, 0.1) is 11.8 Å². The van der Waals surface area contributed by atoms with Crippen molar-refractivity contribution in [3.05, 3.63) is 17.1 Å². The van der Waals surface area contributed by atoms with E-state index in [4.69, 9.17) is 9.72 Å². The summed E-state index contributed by atoms with van der Waals surface area (Å²) in [6, 6.07) is 0. The highest BCUT2D eigenvalue weighted by molar-refractivity contribution is 5.96. The number of ether oxygens (including phenoxy) is 1. The minimum Gasteiger partial charge on any atom is -0.381 e. The largest absolute Gasteiger partial charge is 0.381 e. The molecule has 3 rings (SSSR count). The fourth-order valence-electron chi connectivity index (χ4n) is 3.59. The van der Waals surface area contributed by atoms with Gasteiger partial charge in [0.05, 0.1) is 6.61 Å². The van der Waals surface area contributed by atoms with Gasteiger partial charge in [0.15, 0.2) is 0 Å². The number of carbonyl (C=O) groups excluding carboxylic acids is 1. The number of amides is 1. The summed E-state index contributed by atoms with van der Waals surface area (Å²) >= 11 is 0.